The summed E-state index contributed by atoms with van der Waals surface area (Å²) in [5.74, 6) is -0.996. The molecule has 0 saturated heterocycles. The van der Waals surface area contributed by atoms with Gasteiger partial charge in [0.05, 0.1) is 23.8 Å². The number of furan rings is 1. The second kappa shape index (κ2) is 11.5. The van der Waals surface area contributed by atoms with Crippen LogP contribution < -0.4 is 45.1 Å². The number of primary sulfonamides is 1. The van der Waals surface area contributed by atoms with Gasteiger partial charge in [-0.2, -0.15) is 0 Å². The standard InChI is InChI=1S/C12H11ClN2O5S.Na.3H2O/c13-9-5-10(15-6-7-2-1-3-20-7)8(12(16)17)4-11(9)21(14,18)19;;;;/h1-5,15H,6H2,(H,16,17)(H2,14,18,19);;3*1H2/q;+1;;;/p-1. The minimum atomic E-state index is -4.13. The average molecular weight is 407 g/mol. The van der Waals surface area contributed by atoms with Gasteiger partial charge in [-0.15, -0.1) is 0 Å². The molecule has 0 aliphatic carbocycles. The fourth-order valence-electron chi connectivity index (χ4n) is 1.68. The second-order valence-electron chi connectivity index (χ2n) is 4.09. The van der Waals surface area contributed by atoms with Crippen LogP contribution in [0.25, 0.3) is 0 Å². The quantitative estimate of drug-likeness (QED) is 0.462. The van der Waals surface area contributed by atoms with Gasteiger partial charge in [-0.05, 0) is 24.3 Å². The number of anilines is 1. The molecule has 0 radical (unpaired) electrons. The summed E-state index contributed by atoms with van der Waals surface area (Å²) in [6.45, 7) is 0.193. The van der Waals surface area contributed by atoms with Crippen molar-refractivity contribution >= 4 is 33.3 Å². The van der Waals surface area contributed by atoms with Crippen molar-refractivity contribution in [1.29, 1.82) is 0 Å². The average Bonchev–Trinajstić information content (AvgIpc) is 2.87. The number of carbonyl (C=O) groups excluding carboxylic acids is 1. The monoisotopic (exact) mass is 406 g/mol. The Morgan fingerprint density at radius 2 is 1.88 bits per heavy atom. The number of hydrogen-bond acceptors (Lipinski definition) is 6. The van der Waals surface area contributed by atoms with Crippen molar-refractivity contribution in [1.82, 2.24) is 0 Å². The Morgan fingerprint density at radius 3 is 2.32 bits per heavy atom. The number of nitrogens with two attached hydrogens (primary N) is 1. The van der Waals surface area contributed by atoms with E-state index in [0.29, 0.717) is 5.76 Å². The number of aromatic carboxylic acids is 1. The van der Waals surface area contributed by atoms with Gasteiger partial charge >= 0.3 is 29.6 Å². The summed E-state index contributed by atoms with van der Waals surface area (Å²) >= 11 is 5.82. The van der Waals surface area contributed by atoms with Crippen molar-refractivity contribution in [2.45, 2.75) is 11.4 Å². The molecule has 0 amide bonds. The van der Waals surface area contributed by atoms with Gasteiger partial charge in [-0.25, -0.2) is 13.6 Å². The molecule has 13 heteroatoms. The van der Waals surface area contributed by atoms with Gasteiger partial charge in [-0.3, -0.25) is 0 Å². The van der Waals surface area contributed by atoms with Gasteiger partial charge in [0.15, 0.2) is 0 Å². The second-order valence-corrected chi connectivity index (χ2v) is 6.03. The summed E-state index contributed by atoms with van der Waals surface area (Å²) < 4.78 is 27.7. The number of rotatable bonds is 5. The van der Waals surface area contributed by atoms with Crippen molar-refractivity contribution in [2.24, 2.45) is 5.14 Å². The van der Waals surface area contributed by atoms with Crippen molar-refractivity contribution in [3.8, 4) is 0 Å². The normalized spacial score (nSPS) is 9.52. The smallest absolute Gasteiger partial charge is 0.545 e. The van der Waals surface area contributed by atoms with E-state index >= 15 is 0 Å². The van der Waals surface area contributed by atoms with E-state index in [1.807, 2.05) is 0 Å². The molecule has 2 aromatic rings. The number of carbonyl (C=O) groups is 1. The van der Waals surface area contributed by atoms with E-state index in [4.69, 9.17) is 21.2 Å². The molecule has 136 valence electrons. The Labute approximate surface area is 170 Å². The Balaban J connectivity index is -0.00000121. The first-order chi connectivity index (χ1) is 9.79. The topological polar surface area (TPSA) is 220 Å². The third-order valence-corrected chi connectivity index (χ3v) is 4.01. The zero-order valence-corrected chi connectivity index (χ0v) is 16.6. The van der Waals surface area contributed by atoms with Crippen LogP contribution in [0, 0.1) is 0 Å². The van der Waals surface area contributed by atoms with E-state index in [1.54, 1.807) is 12.1 Å². The summed E-state index contributed by atoms with van der Waals surface area (Å²) in [6.07, 6.45) is 1.47. The fraction of sp³-hybridized carbons (Fsp3) is 0.0833. The zero-order chi connectivity index (χ0) is 15.6. The first-order valence-corrected chi connectivity index (χ1v) is 7.55. The van der Waals surface area contributed by atoms with Crippen LogP contribution in [0.15, 0.2) is 39.8 Å². The molecule has 0 bridgehead atoms. The minimum absolute atomic E-state index is 0. The third-order valence-electron chi connectivity index (χ3n) is 2.63. The van der Waals surface area contributed by atoms with Gasteiger partial charge < -0.3 is 36.1 Å². The van der Waals surface area contributed by atoms with Gasteiger partial charge in [0.1, 0.15) is 10.7 Å². The molecule has 0 aliphatic heterocycles. The number of hydrogen-bond donors (Lipinski definition) is 2. The SMILES string of the molecule is NS(=O)(=O)c1cc(C(=O)[O-])c(NCc2ccco2)cc1Cl.O.O.O.[Na+]. The van der Waals surface area contributed by atoms with E-state index in [0.717, 1.165) is 12.1 Å². The molecule has 9 N–H and O–H groups in total. The molecule has 25 heavy (non-hydrogen) atoms. The molecular weight excluding hydrogens is 391 g/mol. The van der Waals surface area contributed by atoms with Crippen LogP contribution in [0.4, 0.5) is 5.69 Å². The third kappa shape index (κ3) is 7.32. The van der Waals surface area contributed by atoms with E-state index in [2.05, 4.69) is 5.32 Å². The molecule has 10 nitrogen and oxygen atoms in total. The Morgan fingerprint density at radius 1 is 1.28 bits per heavy atom. The molecule has 0 fully saturated rings. The van der Waals surface area contributed by atoms with E-state index in [1.165, 1.54) is 6.26 Å². The van der Waals surface area contributed by atoms with Gasteiger partial charge in [-0.1, -0.05) is 11.6 Å². The number of sulfonamides is 1. The number of halogens is 1. The molecule has 0 atom stereocenters. The molecule has 0 saturated carbocycles. The maximum absolute atomic E-state index is 11.3. The summed E-state index contributed by atoms with van der Waals surface area (Å²) in [6, 6.07) is 5.38. The first-order valence-electron chi connectivity index (χ1n) is 5.63. The summed E-state index contributed by atoms with van der Waals surface area (Å²) in [7, 11) is -4.13. The summed E-state index contributed by atoms with van der Waals surface area (Å²) in [5, 5.41) is 18.7. The molecule has 0 spiro atoms. The van der Waals surface area contributed by atoms with Crippen molar-refractivity contribution < 1.29 is 68.7 Å². The van der Waals surface area contributed by atoms with Crippen LogP contribution in [0.5, 0.6) is 0 Å². The van der Waals surface area contributed by atoms with Crippen molar-refractivity contribution in [2.75, 3.05) is 5.32 Å². The van der Waals surface area contributed by atoms with Crippen LogP contribution in [0.2, 0.25) is 5.02 Å². The van der Waals surface area contributed by atoms with E-state index in [9.17, 15) is 18.3 Å². The van der Waals surface area contributed by atoms with Gasteiger partial charge in [0, 0.05) is 11.3 Å². The van der Waals surface area contributed by atoms with Crippen molar-refractivity contribution in [3.05, 3.63) is 46.9 Å². The predicted molar refractivity (Wildman–Crippen MR) is 84.0 cm³/mol. The van der Waals surface area contributed by atoms with Crippen LogP contribution in [-0.2, 0) is 16.6 Å². The zero-order valence-electron chi connectivity index (χ0n) is 13.0. The fourth-order valence-corrected chi connectivity index (χ4v) is 2.78. The number of nitrogens with one attached hydrogen (secondary N) is 1. The summed E-state index contributed by atoms with van der Waals surface area (Å²) in [5.41, 5.74) is -0.265. The molecule has 1 heterocycles. The molecule has 0 unspecified atom stereocenters. The maximum atomic E-state index is 11.3. The summed E-state index contributed by atoms with van der Waals surface area (Å²) in [4.78, 5) is 10.6. The van der Waals surface area contributed by atoms with Crippen LogP contribution in [0.3, 0.4) is 0 Å². The maximum Gasteiger partial charge on any atom is 1.00 e. The minimum Gasteiger partial charge on any atom is -0.545 e. The van der Waals surface area contributed by atoms with Crippen LogP contribution in [0.1, 0.15) is 16.1 Å². The predicted octanol–water partition coefficient (Wildman–Crippen LogP) is -4.91. The van der Waals surface area contributed by atoms with E-state index in [-0.39, 0.29) is 68.8 Å². The number of carboxylic acid groups (broad SMARTS) is 1. The van der Waals surface area contributed by atoms with E-state index < -0.39 is 20.9 Å². The molecule has 1 aromatic carbocycles. The van der Waals surface area contributed by atoms with Crippen LogP contribution in [-0.4, -0.2) is 30.8 Å². The number of carboxylic acids is 1. The number of benzene rings is 1. The molecule has 2 rings (SSSR count). The Kier molecular flexibility index (Phi) is 13.1. The first kappa shape index (κ1) is 28.6. The van der Waals surface area contributed by atoms with Crippen LogP contribution >= 0.6 is 11.6 Å². The molecule has 1 aromatic heterocycles. The van der Waals surface area contributed by atoms with Gasteiger partial charge in [0.2, 0.25) is 10.0 Å². The van der Waals surface area contributed by atoms with Crippen molar-refractivity contribution in [3.63, 3.8) is 0 Å². The van der Waals surface area contributed by atoms with Gasteiger partial charge in [0.25, 0.3) is 0 Å². The molecular formula is C12H16ClN2NaO8S. The Bertz CT molecular complexity index is 783. The molecule has 0 aliphatic rings. The largest absolute Gasteiger partial charge is 1.00 e. The Hall–Kier alpha value is -1.15.